The molecule has 0 bridgehead atoms. The van der Waals surface area contributed by atoms with Crippen molar-refractivity contribution < 1.29 is 115 Å². The van der Waals surface area contributed by atoms with Crippen LogP contribution >= 0.6 is 0 Å². The maximum Gasteiger partial charge on any atom is 0.303 e. The van der Waals surface area contributed by atoms with E-state index in [1.807, 2.05) is 0 Å². The van der Waals surface area contributed by atoms with Crippen LogP contribution in [0.1, 0.15) is 90.2 Å². The van der Waals surface area contributed by atoms with E-state index >= 15 is 0 Å². The van der Waals surface area contributed by atoms with Gasteiger partial charge < -0.3 is 20.6 Å². The Kier molecular flexibility index (Phi) is 20.2. The number of carboxylic acids is 1. The van der Waals surface area contributed by atoms with Gasteiger partial charge in [0.1, 0.15) is 21.8 Å². The lowest BCUT2D eigenvalue weighted by Crippen LogP contribution is -2.53. The van der Waals surface area contributed by atoms with Crippen LogP contribution in [0.25, 0.3) is 21.5 Å². The highest BCUT2D eigenvalue weighted by atomic mass is 32.2. The van der Waals surface area contributed by atoms with Gasteiger partial charge in [0.25, 0.3) is 70.8 Å². The van der Waals surface area contributed by atoms with Crippen molar-refractivity contribution in [2.24, 2.45) is 5.41 Å². The number of fused-ring (bicyclic) bond motifs is 6. The fourth-order valence-electron chi connectivity index (χ4n) is 11.8. The Morgan fingerprint density at radius 2 is 1.08 bits per heavy atom. The Hall–Kier alpha value is -6.39. The van der Waals surface area contributed by atoms with Crippen molar-refractivity contribution in [3.05, 3.63) is 107 Å². The standard InChI is InChI=1S/C54H64N4O25S7/c1-52(2)45(57(21-8-23-84(63,64)65)41-15-13-37-39(48(41)52)27-35(87(72,73)74)29-43(37)89(78,79)80)17-11-33-26-34(32-54(31-33,51(62)56-20-25-86(69,70)71)50(61)55-19-7-5-6-10-47(59)60)12-18-46-53(3,4)49-40-28-36(88(75,76)77)30-44(90(81,82)83)38(40)14-16-42(49)58(46)22-9-24-85(66,67)68/h11-18,26-30H,5-10,19-25,31-32H2,1-4H3,(H9-,55,56,59,60,61,62,63,64,65,66,67,68,69,70,71,72,73,74,75,76,77,78,79,80,81,82,83)/p+1. The number of allylic oxidation sites excluding steroid dienone is 8. The van der Waals surface area contributed by atoms with Gasteiger partial charge in [-0.2, -0.15) is 63.5 Å². The number of rotatable bonds is 26. The van der Waals surface area contributed by atoms with E-state index in [0.29, 0.717) is 18.6 Å². The number of anilines is 1. The summed E-state index contributed by atoms with van der Waals surface area (Å²) in [7, 11) is -34.7. The lowest BCUT2D eigenvalue weighted by atomic mass is 9.70. The average Bonchev–Trinajstić information content (AvgIpc) is 1.52. The molecule has 7 rings (SSSR count). The number of benzene rings is 4. The summed E-state index contributed by atoms with van der Waals surface area (Å²) in [6, 6.07) is 8.29. The molecule has 1 unspecified atom stereocenters. The maximum absolute atomic E-state index is 15.0. The fraction of sp³-hybridized carbons (Fsp3) is 0.407. The minimum atomic E-state index is -5.21. The summed E-state index contributed by atoms with van der Waals surface area (Å²) in [6.07, 6.45) is 6.32. The number of nitrogens with zero attached hydrogens (tertiary/aromatic N) is 2. The van der Waals surface area contributed by atoms with E-state index in [0.717, 1.165) is 12.1 Å². The average molecular weight is 1390 g/mol. The van der Waals surface area contributed by atoms with E-state index in [1.54, 1.807) is 37.2 Å². The highest BCUT2D eigenvalue weighted by Crippen LogP contribution is 2.53. The Labute approximate surface area is 519 Å². The molecule has 0 aromatic heterocycles. The third kappa shape index (κ3) is 16.1. The van der Waals surface area contributed by atoms with Crippen molar-refractivity contribution in [3.8, 4) is 0 Å². The van der Waals surface area contributed by atoms with Crippen LogP contribution in [0.2, 0.25) is 0 Å². The monoisotopic (exact) mass is 1390 g/mol. The highest BCUT2D eigenvalue weighted by molar-refractivity contribution is 7.87. The first kappa shape index (κ1) is 71.1. The zero-order valence-electron chi connectivity index (χ0n) is 48.4. The molecule has 2 amide bonds. The third-order valence-corrected chi connectivity index (χ3v) is 21.5. The first-order valence-electron chi connectivity index (χ1n) is 27.2. The molecule has 2 heterocycles. The lowest BCUT2D eigenvalue weighted by Gasteiger charge is -2.35. The van der Waals surface area contributed by atoms with Crippen LogP contribution < -0.4 is 15.5 Å². The maximum atomic E-state index is 15.0. The summed E-state index contributed by atoms with van der Waals surface area (Å²) in [6.45, 7) is 5.11. The molecule has 492 valence electrons. The summed E-state index contributed by atoms with van der Waals surface area (Å²) in [4.78, 5) is 39.0. The van der Waals surface area contributed by atoms with Crippen LogP contribution in [0.3, 0.4) is 0 Å². The number of amides is 2. The Bertz CT molecular complexity index is 4690. The molecule has 0 saturated heterocycles. The van der Waals surface area contributed by atoms with Crippen LogP contribution in [0.4, 0.5) is 11.4 Å². The predicted molar refractivity (Wildman–Crippen MR) is 326 cm³/mol. The molecule has 10 N–H and O–H groups in total. The van der Waals surface area contributed by atoms with Gasteiger partial charge in [-0.25, -0.2) is 0 Å². The number of hydrogen-bond acceptors (Lipinski definition) is 18. The number of carboxylic acid groups (broad SMARTS) is 1. The molecule has 1 atom stereocenters. The number of unbranched alkanes of at least 4 members (excludes halogenated alkanes) is 2. The van der Waals surface area contributed by atoms with Gasteiger partial charge in [-0.3, -0.25) is 46.3 Å². The van der Waals surface area contributed by atoms with E-state index in [9.17, 15) is 110 Å². The van der Waals surface area contributed by atoms with Crippen molar-refractivity contribution in [3.63, 3.8) is 0 Å². The highest BCUT2D eigenvalue weighted by Gasteiger charge is 2.50. The first-order valence-corrected chi connectivity index (χ1v) is 37.7. The molecule has 36 heteroatoms. The molecule has 29 nitrogen and oxygen atoms in total. The molecule has 4 aromatic carbocycles. The minimum Gasteiger partial charge on any atom is -0.481 e. The quantitative estimate of drug-likeness (QED) is 0.0178. The van der Waals surface area contributed by atoms with Crippen molar-refractivity contribution in [1.29, 1.82) is 0 Å². The molecule has 0 radical (unpaired) electrons. The molecule has 4 aromatic rings. The predicted octanol–water partition coefficient (Wildman–Crippen LogP) is 4.55. The molecule has 0 saturated carbocycles. The smallest absolute Gasteiger partial charge is 0.303 e. The number of carbonyl (C=O) groups is 3. The van der Waals surface area contributed by atoms with Crippen molar-refractivity contribution >= 4 is 127 Å². The zero-order valence-corrected chi connectivity index (χ0v) is 54.1. The van der Waals surface area contributed by atoms with Gasteiger partial charge in [0.2, 0.25) is 17.5 Å². The third-order valence-electron chi connectivity index (χ3n) is 15.7. The van der Waals surface area contributed by atoms with E-state index in [2.05, 4.69) is 10.6 Å². The molecule has 2 aliphatic heterocycles. The lowest BCUT2D eigenvalue weighted by molar-refractivity contribution is -0.437. The second-order valence-corrected chi connectivity index (χ2v) is 33.2. The topological polar surface area (TPSA) is 482 Å². The van der Waals surface area contributed by atoms with Crippen molar-refractivity contribution in [2.45, 2.75) is 109 Å². The normalized spacial score (nSPS) is 19.0. The van der Waals surface area contributed by atoms with Gasteiger partial charge in [-0.05, 0) is 116 Å². The van der Waals surface area contributed by atoms with Crippen LogP contribution in [-0.2, 0) is 96.0 Å². The second kappa shape index (κ2) is 25.6. The first-order chi connectivity index (χ1) is 41.2. The van der Waals surface area contributed by atoms with Crippen LogP contribution in [0, 0.1) is 5.41 Å². The van der Waals surface area contributed by atoms with Crippen molar-refractivity contribution in [2.75, 3.05) is 48.3 Å². The summed E-state index contributed by atoms with van der Waals surface area (Å²) >= 11 is 0. The molecule has 90 heavy (non-hydrogen) atoms. The largest absolute Gasteiger partial charge is 0.481 e. The second-order valence-electron chi connectivity index (χ2n) is 22.9. The SMILES string of the molecule is CC1(C)C(=CC=C2C=C(C=CC3=[N+](CCCS(=O)(=O)O)c4ccc5c(S(=O)(=O)O)cc(S(=O)(=O)O)cc5c4C3(C)C)CC(C(=O)NCCCCCC(=O)O)(C(=O)NCCS(=O)(=O)O)C2)N(CCCS(=O)(=O)O)c2ccc3c(S(=O)(=O)O)cc(S(=O)(=O)O)cc3c21. The van der Waals surface area contributed by atoms with Gasteiger partial charge in [-0.1, -0.05) is 44.6 Å². The molecular weight excluding hydrogens is 1330 g/mol. The van der Waals surface area contributed by atoms with E-state index in [1.165, 1.54) is 54.6 Å². The van der Waals surface area contributed by atoms with Gasteiger partial charge in [0.05, 0.1) is 32.5 Å². The zero-order chi connectivity index (χ0) is 67.3. The number of aliphatic carboxylic acids is 1. The van der Waals surface area contributed by atoms with Gasteiger partial charge in [0, 0.05) is 77.8 Å². The number of carbonyl (C=O) groups excluding carboxylic acids is 2. The van der Waals surface area contributed by atoms with Gasteiger partial charge >= 0.3 is 5.97 Å². The van der Waals surface area contributed by atoms with Crippen LogP contribution in [-0.4, -0.2) is 167 Å². The number of nitrogens with one attached hydrogen (secondary N) is 2. The minimum absolute atomic E-state index is 0.117. The molecule has 0 spiro atoms. The summed E-state index contributed by atoms with van der Waals surface area (Å²) < 4.78 is 246. The van der Waals surface area contributed by atoms with E-state index < -0.39 is 161 Å². The number of hydrogen-bond donors (Lipinski definition) is 10. The van der Waals surface area contributed by atoms with Crippen molar-refractivity contribution in [1.82, 2.24) is 10.6 Å². The van der Waals surface area contributed by atoms with Gasteiger partial charge in [-0.15, -0.1) is 0 Å². The van der Waals surface area contributed by atoms with Crippen LogP contribution in [0.5, 0.6) is 0 Å². The summed E-state index contributed by atoms with van der Waals surface area (Å²) in [5, 5.41) is 13.7. The Morgan fingerprint density at radius 1 is 0.556 bits per heavy atom. The van der Waals surface area contributed by atoms with E-state index in [-0.39, 0.29) is 118 Å². The molecule has 0 fully saturated rings. The fourth-order valence-corrected chi connectivity index (χ4v) is 15.8. The van der Waals surface area contributed by atoms with E-state index in [4.69, 9.17) is 0 Å². The van der Waals surface area contributed by atoms with Crippen LogP contribution in [0.15, 0.2) is 115 Å². The summed E-state index contributed by atoms with van der Waals surface area (Å²) in [5.41, 5.74) is -3.53. The Balaban J connectivity index is 1.49. The Morgan fingerprint density at radius 3 is 1.60 bits per heavy atom. The molecular formula is C54H65N4O25S7+. The molecule has 1 aliphatic carbocycles. The van der Waals surface area contributed by atoms with Gasteiger partial charge in [0.15, 0.2) is 5.71 Å². The molecule has 3 aliphatic rings. The summed E-state index contributed by atoms with van der Waals surface area (Å²) in [5.74, 6) is -5.67.